The minimum atomic E-state index is -4.87. The summed E-state index contributed by atoms with van der Waals surface area (Å²) in [4.78, 5) is 50.6. The summed E-state index contributed by atoms with van der Waals surface area (Å²) in [5.74, 6) is -0.887. The van der Waals surface area contributed by atoms with Crippen molar-refractivity contribution in [2.45, 2.75) is 79.4 Å². The molecule has 0 spiro atoms. The Bertz CT molecular complexity index is 501. The Morgan fingerprint density at radius 1 is 0.690 bits per heavy atom. The molecule has 2 atom stereocenters. The van der Waals surface area contributed by atoms with E-state index in [2.05, 4.69) is 0 Å². The molecule has 0 heterocycles. The third-order valence-electron chi connectivity index (χ3n) is 4.27. The summed E-state index contributed by atoms with van der Waals surface area (Å²) in [5.41, 5.74) is 0. The van der Waals surface area contributed by atoms with Crippen molar-refractivity contribution in [1.29, 1.82) is 0 Å². The zero-order chi connectivity index (χ0) is 22.4. The zero-order valence-electron chi connectivity index (χ0n) is 18.6. The van der Waals surface area contributed by atoms with Gasteiger partial charge in [0.15, 0.2) is 0 Å². The summed E-state index contributed by atoms with van der Waals surface area (Å²) in [7, 11) is 0. The van der Waals surface area contributed by atoms with Crippen LogP contribution in [0.4, 0.5) is 0 Å². The van der Waals surface area contributed by atoms with Crippen molar-refractivity contribution in [3.8, 4) is 0 Å². The van der Waals surface area contributed by atoms with Gasteiger partial charge < -0.3 is 0 Å². The third-order valence-corrected chi connectivity index (χ3v) is 9.41. The fourth-order valence-electron chi connectivity index (χ4n) is 2.30. The molecule has 2 unspecified atom stereocenters. The predicted molar refractivity (Wildman–Crippen MR) is 104 cm³/mol. The van der Waals surface area contributed by atoms with Crippen molar-refractivity contribution in [3.63, 3.8) is 0 Å². The van der Waals surface area contributed by atoms with Crippen LogP contribution in [0.5, 0.6) is 0 Å². The molecule has 0 N–H and O–H groups in total. The van der Waals surface area contributed by atoms with Crippen LogP contribution in [0, 0.1) is 0 Å². The Morgan fingerprint density at radius 2 is 1.03 bits per heavy atom. The molecule has 29 heavy (non-hydrogen) atoms. The van der Waals surface area contributed by atoms with Gasteiger partial charge in [0.25, 0.3) is 0 Å². The molecule has 0 aliphatic carbocycles. The second-order valence-electron chi connectivity index (χ2n) is 6.84. The van der Waals surface area contributed by atoms with E-state index < -0.39 is 62.2 Å². The second kappa shape index (κ2) is 15.1. The number of rotatable bonds is 18. The SMILES string of the molecule is CCOCC(=O)C[C](=O)[Ti]([O]C(C)CC)([O]C(C)CC)[C](=O)CC(=O)COCC. The van der Waals surface area contributed by atoms with Gasteiger partial charge in [-0.15, -0.1) is 0 Å². The number of hydrogen-bond donors (Lipinski definition) is 0. The molecular weight excluding hydrogens is 416 g/mol. The van der Waals surface area contributed by atoms with Gasteiger partial charge in [-0.3, -0.25) is 0 Å². The fourth-order valence-corrected chi connectivity index (χ4v) is 7.33. The van der Waals surface area contributed by atoms with Crippen LogP contribution >= 0.6 is 0 Å². The predicted octanol–water partition coefficient (Wildman–Crippen LogP) is 2.65. The molecule has 0 amide bonds. The molecule has 0 fully saturated rings. The first-order chi connectivity index (χ1) is 13.7. The number of ether oxygens (including phenoxy) is 2. The summed E-state index contributed by atoms with van der Waals surface area (Å²) in [6.07, 6.45) is -0.739. The molecule has 8 nitrogen and oxygen atoms in total. The van der Waals surface area contributed by atoms with E-state index in [4.69, 9.17) is 16.1 Å². The molecule has 168 valence electrons. The Hall–Kier alpha value is -0.766. The van der Waals surface area contributed by atoms with Crippen LogP contribution in [0.15, 0.2) is 0 Å². The van der Waals surface area contributed by atoms with E-state index >= 15 is 0 Å². The zero-order valence-corrected chi connectivity index (χ0v) is 20.1. The van der Waals surface area contributed by atoms with Gasteiger partial charge in [0.1, 0.15) is 0 Å². The van der Waals surface area contributed by atoms with Gasteiger partial charge in [0, 0.05) is 0 Å². The van der Waals surface area contributed by atoms with Gasteiger partial charge in [0.2, 0.25) is 0 Å². The van der Waals surface area contributed by atoms with Crippen LogP contribution in [-0.4, -0.2) is 58.4 Å². The van der Waals surface area contributed by atoms with Crippen LogP contribution in [0.3, 0.4) is 0 Å². The first kappa shape index (κ1) is 28.2. The number of carbonyl (C=O) groups excluding carboxylic acids is 4. The van der Waals surface area contributed by atoms with Crippen LogP contribution in [0.25, 0.3) is 0 Å². The van der Waals surface area contributed by atoms with Crippen LogP contribution < -0.4 is 0 Å². The molecule has 0 bridgehead atoms. The van der Waals surface area contributed by atoms with E-state index in [9.17, 15) is 19.2 Å². The molecule has 0 aromatic rings. The molecule has 0 aromatic heterocycles. The number of Topliss-reactive ketones (excluding diaryl/α,β-unsaturated/α-hetero) is 2. The van der Waals surface area contributed by atoms with Crippen molar-refractivity contribution in [3.05, 3.63) is 0 Å². The molecule has 0 rings (SSSR count). The summed E-state index contributed by atoms with van der Waals surface area (Å²) < 4.78 is 20.8. The van der Waals surface area contributed by atoms with E-state index in [1.165, 1.54) is 0 Å². The third kappa shape index (κ3) is 10.2. The van der Waals surface area contributed by atoms with Crippen molar-refractivity contribution < 1.29 is 52.7 Å². The normalized spacial score (nSPS) is 13.7. The number of hydrogen-bond acceptors (Lipinski definition) is 8. The molecule has 0 aromatic carbocycles. The number of carbonyl (C=O) groups is 4. The van der Waals surface area contributed by atoms with Gasteiger partial charge in [-0.1, -0.05) is 0 Å². The van der Waals surface area contributed by atoms with Gasteiger partial charge in [-0.2, -0.15) is 0 Å². The average molecular weight is 452 g/mol. The van der Waals surface area contributed by atoms with Crippen molar-refractivity contribution in [2.75, 3.05) is 26.4 Å². The van der Waals surface area contributed by atoms with Crippen LogP contribution in [0.1, 0.15) is 67.2 Å². The van der Waals surface area contributed by atoms with E-state index in [1.54, 1.807) is 27.7 Å². The molecule has 0 saturated heterocycles. The summed E-state index contributed by atoms with van der Waals surface area (Å²) in [5, 5.41) is 0. The Morgan fingerprint density at radius 3 is 1.31 bits per heavy atom. The summed E-state index contributed by atoms with van der Waals surface area (Å²) in [6.45, 7) is 10.9. The molecule has 0 aliphatic rings. The van der Waals surface area contributed by atoms with Crippen molar-refractivity contribution >= 4 is 19.7 Å². The standard InChI is InChI=1S/2C6H9O3.2C4H9O.Ti/c2*1-2-9-5-6(8)3-4-7;2*1-3-4(2)5;/h2*2-3,5H2,1H3;2*4H,3H2,1-2H3;/q;;2*-1;+2. The van der Waals surface area contributed by atoms with Crippen molar-refractivity contribution in [2.24, 2.45) is 0 Å². The first-order valence-corrected chi connectivity index (χ1v) is 13.1. The van der Waals surface area contributed by atoms with E-state index in [0.717, 1.165) is 0 Å². The van der Waals surface area contributed by atoms with Crippen molar-refractivity contribution in [1.82, 2.24) is 0 Å². The molecule has 9 heteroatoms. The average Bonchev–Trinajstić information content (AvgIpc) is 2.69. The van der Waals surface area contributed by atoms with Gasteiger partial charge in [0.05, 0.1) is 0 Å². The minimum absolute atomic E-state index is 0.218. The fraction of sp³-hybridized carbons (Fsp3) is 0.800. The quantitative estimate of drug-likeness (QED) is 0.231. The van der Waals surface area contributed by atoms with Gasteiger partial charge in [-0.05, 0) is 0 Å². The summed E-state index contributed by atoms with van der Waals surface area (Å²) in [6, 6.07) is 0. The van der Waals surface area contributed by atoms with Gasteiger partial charge >= 0.3 is 178 Å². The van der Waals surface area contributed by atoms with Crippen LogP contribution in [-0.2, 0) is 52.7 Å². The molecular formula is C20H36O8Ti. The van der Waals surface area contributed by atoms with Crippen LogP contribution in [0.2, 0.25) is 0 Å². The Balaban J connectivity index is 5.83. The Labute approximate surface area is 178 Å². The maximum atomic E-state index is 13.2. The molecule has 0 saturated carbocycles. The van der Waals surface area contributed by atoms with Gasteiger partial charge in [-0.25, -0.2) is 0 Å². The molecule has 0 radical (unpaired) electrons. The topological polar surface area (TPSA) is 105 Å². The number of ketones is 2. The summed E-state index contributed by atoms with van der Waals surface area (Å²) >= 11 is -4.87. The Kier molecular flexibility index (Phi) is 14.7. The monoisotopic (exact) mass is 452 g/mol. The maximum absolute atomic E-state index is 13.2. The second-order valence-corrected chi connectivity index (χ2v) is 11.2. The first-order valence-electron chi connectivity index (χ1n) is 10.3. The van der Waals surface area contributed by atoms with E-state index in [-0.39, 0.29) is 13.2 Å². The van der Waals surface area contributed by atoms with E-state index in [1.807, 2.05) is 13.8 Å². The molecule has 0 aliphatic heterocycles. The van der Waals surface area contributed by atoms with E-state index in [0.29, 0.717) is 26.1 Å².